The Bertz CT molecular complexity index is 624. The fraction of sp³-hybridized carbons (Fsp3) is 0.312. The second kappa shape index (κ2) is 6.65. The van der Waals surface area contributed by atoms with Gasteiger partial charge in [0.05, 0.1) is 11.2 Å². The Morgan fingerprint density at radius 3 is 2.62 bits per heavy atom. The highest BCUT2D eigenvalue weighted by molar-refractivity contribution is 6.34. The molecule has 21 heavy (non-hydrogen) atoms. The predicted octanol–water partition coefficient (Wildman–Crippen LogP) is 5.07. The molecule has 2 rings (SSSR count). The zero-order valence-corrected chi connectivity index (χ0v) is 13.8. The third-order valence-electron chi connectivity index (χ3n) is 2.79. The van der Waals surface area contributed by atoms with E-state index in [9.17, 15) is 0 Å². The van der Waals surface area contributed by atoms with Gasteiger partial charge in [-0.3, -0.25) is 4.98 Å². The lowest BCUT2D eigenvalue weighted by Gasteiger charge is -2.21. The van der Waals surface area contributed by atoms with Gasteiger partial charge in [0.15, 0.2) is 0 Å². The molecule has 0 spiro atoms. The average Bonchev–Trinajstić information content (AvgIpc) is 2.41. The highest BCUT2D eigenvalue weighted by atomic mass is 35.5. The summed E-state index contributed by atoms with van der Waals surface area (Å²) in [7, 11) is 0. The standard InChI is InChI=1S/C16H18Cl2N2O/c1-16(2,3)20-9-11-6-7-19-10-15(11)21-14-8-12(17)4-5-13(14)18/h4-8,10,20H,9H2,1-3H3. The van der Waals surface area contributed by atoms with E-state index < -0.39 is 0 Å². The fourth-order valence-corrected chi connectivity index (χ4v) is 2.00. The Labute approximate surface area is 135 Å². The first-order chi connectivity index (χ1) is 9.85. The number of pyridine rings is 1. The van der Waals surface area contributed by atoms with Crippen LogP contribution < -0.4 is 10.1 Å². The summed E-state index contributed by atoms with van der Waals surface area (Å²) < 4.78 is 5.87. The predicted molar refractivity (Wildman–Crippen MR) is 87.4 cm³/mol. The first-order valence-electron chi connectivity index (χ1n) is 6.66. The quantitative estimate of drug-likeness (QED) is 0.852. The van der Waals surface area contributed by atoms with Crippen LogP contribution in [0.3, 0.4) is 0 Å². The Morgan fingerprint density at radius 2 is 1.90 bits per heavy atom. The molecule has 1 N–H and O–H groups in total. The van der Waals surface area contributed by atoms with E-state index in [1.54, 1.807) is 30.6 Å². The average molecular weight is 325 g/mol. The van der Waals surface area contributed by atoms with Crippen LogP contribution in [0.5, 0.6) is 11.5 Å². The van der Waals surface area contributed by atoms with Crippen LogP contribution in [-0.2, 0) is 6.54 Å². The van der Waals surface area contributed by atoms with Crippen molar-refractivity contribution >= 4 is 23.2 Å². The summed E-state index contributed by atoms with van der Waals surface area (Å²) in [6.07, 6.45) is 3.42. The maximum atomic E-state index is 6.13. The van der Waals surface area contributed by atoms with Gasteiger partial charge in [-0.2, -0.15) is 0 Å². The number of hydrogen-bond donors (Lipinski definition) is 1. The topological polar surface area (TPSA) is 34.2 Å². The van der Waals surface area contributed by atoms with Crippen molar-refractivity contribution in [1.82, 2.24) is 10.3 Å². The van der Waals surface area contributed by atoms with Gasteiger partial charge in [-0.05, 0) is 39.0 Å². The van der Waals surface area contributed by atoms with Gasteiger partial charge in [-0.25, -0.2) is 0 Å². The number of ether oxygens (including phenoxy) is 1. The summed E-state index contributed by atoms with van der Waals surface area (Å²) in [6.45, 7) is 7.02. The van der Waals surface area contributed by atoms with Crippen molar-refractivity contribution in [2.24, 2.45) is 0 Å². The highest BCUT2D eigenvalue weighted by Gasteiger charge is 2.12. The molecule has 0 amide bonds. The summed E-state index contributed by atoms with van der Waals surface area (Å²) in [6, 6.07) is 7.05. The SMILES string of the molecule is CC(C)(C)NCc1ccncc1Oc1cc(Cl)ccc1Cl. The fourth-order valence-electron chi connectivity index (χ4n) is 1.68. The van der Waals surface area contributed by atoms with Gasteiger partial charge in [0.25, 0.3) is 0 Å². The van der Waals surface area contributed by atoms with Crippen molar-refractivity contribution < 1.29 is 4.74 Å². The number of aromatic nitrogens is 1. The van der Waals surface area contributed by atoms with Gasteiger partial charge < -0.3 is 10.1 Å². The van der Waals surface area contributed by atoms with Crippen LogP contribution in [0.4, 0.5) is 0 Å². The first-order valence-corrected chi connectivity index (χ1v) is 7.41. The minimum atomic E-state index is 0.0221. The maximum absolute atomic E-state index is 6.13. The van der Waals surface area contributed by atoms with Crippen LogP contribution in [0, 0.1) is 0 Å². The summed E-state index contributed by atoms with van der Waals surface area (Å²) >= 11 is 12.1. The summed E-state index contributed by atoms with van der Waals surface area (Å²) in [4.78, 5) is 4.11. The number of benzene rings is 1. The molecule has 0 aliphatic carbocycles. The molecule has 0 unspecified atom stereocenters. The number of nitrogens with zero attached hydrogens (tertiary/aromatic N) is 1. The molecule has 3 nitrogen and oxygen atoms in total. The normalized spacial score (nSPS) is 11.5. The van der Waals surface area contributed by atoms with E-state index in [1.165, 1.54) is 0 Å². The molecule has 0 aliphatic heterocycles. The zero-order chi connectivity index (χ0) is 15.5. The summed E-state index contributed by atoms with van der Waals surface area (Å²) in [5, 5.41) is 4.51. The lowest BCUT2D eigenvalue weighted by molar-refractivity contribution is 0.413. The van der Waals surface area contributed by atoms with Gasteiger partial charge in [-0.15, -0.1) is 0 Å². The molecular formula is C16H18Cl2N2O. The molecule has 1 aromatic heterocycles. The van der Waals surface area contributed by atoms with E-state index in [-0.39, 0.29) is 5.54 Å². The van der Waals surface area contributed by atoms with Crippen LogP contribution in [0.1, 0.15) is 26.3 Å². The second-order valence-electron chi connectivity index (χ2n) is 5.76. The van der Waals surface area contributed by atoms with Crippen LogP contribution in [0.25, 0.3) is 0 Å². The van der Waals surface area contributed by atoms with Gasteiger partial charge in [0.2, 0.25) is 0 Å². The van der Waals surface area contributed by atoms with Crippen molar-refractivity contribution in [2.45, 2.75) is 32.9 Å². The van der Waals surface area contributed by atoms with Crippen LogP contribution in [0.15, 0.2) is 36.7 Å². The summed E-state index contributed by atoms with van der Waals surface area (Å²) in [5.74, 6) is 1.19. The Morgan fingerprint density at radius 1 is 1.14 bits per heavy atom. The number of hydrogen-bond acceptors (Lipinski definition) is 3. The van der Waals surface area contributed by atoms with E-state index in [1.807, 2.05) is 6.07 Å². The lowest BCUT2D eigenvalue weighted by atomic mass is 10.1. The van der Waals surface area contributed by atoms with Crippen LogP contribution in [0.2, 0.25) is 10.0 Å². The van der Waals surface area contributed by atoms with E-state index in [4.69, 9.17) is 27.9 Å². The van der Waals surface area contributed by atoms with Gasteiger partial charge in [0.1, 0.15) is 11.5 Å². The molecule has 2 aromatic rings. The minimum absolute atomic E-state index is 0.0221. The largest absolute Gasteiger partial charge is 0.454 e. The van der Waals surface area contributed by atoms with E-state index in [2.05, 4.69) is 31.1 Å². The van der Waals surface area contributed by atoms with Crippen molar-refractivity contribution in [1.29, 1.82) is 0 Å². The van der Waals surface area contributed by atoms with Crippen molar-refractivity contribution in [2.75, 3.05) is 0 Å². The first kappa shape index (κ1) is 16.1. The molecule has 5 heteroatoms. The van der Waals surface area contributed by atoms with Gasteiger partial charge >= 0.3 is 0 Å². The van der Waals surface area contributed by atoms with E-state index in [0.29, 0.717) is 28.1 Å². The molecule has 0 fully saturated rings. The van der Waals surface area contributed by atoms with Gasteiger partial charge in [-0.1, -0.05) is 23.2 Å². The van der Waals surface area contributed by atoms with Crippen LogP contribution in [-0.4, -0.2) is 10.5 Å². The number of nitrogens with one attached hydrogen (secondary N) is 1. The molecule has 1 aromatic carbocycles. The molecule has 0 saturated heterocycles. The molecular weight excluding hydrogens is 307 g/mol. The van der Waals surface area contributed by atoms with Crippen molar-refractivity contribution in [3.63, 3.8) is 0 Å². The smallest absolute Gasteiger partial charge is 0.150 e. The number of rotatable bonds is 4. The van der Waals surface area contributed by atoms with E-state index in [0.717, 1.165) is 5.56 Å². The van der Waals surface area contributed by atoms with Crippen molar-refractivity contribution in [3.8, 4) is 11.5 Å². The molecule has 0 saturated carbocycles. The zero-order valence-electron chi connectivity index (χ0n) is 12.3. The van der Waals surface area contributed by atoms with Crippen LogP contribution >= 0.6 is 23.2 Å². The minimum Gasteiger partial charge on any atom is -0.454 e. The Balaban J connectivity index is 2.22. The van der Waals surface area contributed by atoms with E-state index >= 15 is 0 Å². The van der Waals surface area contributed by atoms with Gasteiger partial charge in [0, 0.05) is 34.9 Å². The third kappa shape index (κ3) is 4.88. The maximum Gasteiger partial charge on any atom is 0.150 e. The number of halogens is 2. The Kier molecular flexibility index (Phi) is 5.09. The van der Waals surface area contributed by atoms with Crippen molar-refractivity contribution in [3.05, 3.63) is 52.3 Å². The molecule has 0 bridgehead atoms. The molecule has 112 valence electrons. The molecule has 0 aliphatic rings. The summed E-state index contributed by atoms with van der Waals surface area (Å²) in [5.41, 5.74) is 1.03. The monoisotopic (exact) mass is 324 g/mol. The Hall–Kier alpha value is -1.29. The molecule has 0 atom stereocenters. The highest BCUT2D eigenvalue weighted by Crippen LogP contribution is 2.33. The second-order valence-corrected chi connectivity index (χ2v) is 6.61. The lowest BCUT2D eigenvalue weighted by Crippen LogP contribution is -2.35. The molecule has 0 radical (unpaired) electrons. The third-order valence-corrected chi connectivity index (χ3v) is 3.34. The molecule has 1 heterocycles.